The zero-order valence-electron chi connectivity index (χ0n) is 9.54. The van der Waals surface area contributed by atoms with Gasteiger partial charge >= 0.3 is 0 Å². The Morgan fingerprint density at radius 2 is 1.94 bits per heavy atom. The summed E-state index contributed by atoms with van der Waals surface area (Å²) in [6, 6.07) is 3.13. The first kappa shape index (κ1) is 12.5. The van der Waals surface area contributed by atoms with Gasteiger partial charge in [0.2, 0.25) is 0 Å². The van der Waals surface area contributed by atoms with Gasteiger partial charge in [-0.1, -0.05) is 23.2 Å². The van der Waals surface area contributed by atoms with E-state index in [2.05, 4.69) is 0 Å². The lowest BCUT2D eigenvalue weighted by atomic mass is 10.1. The molecule has 1 fully saturated rings. The Labute approximate surface area is 110 Å². The molecule has 1 amide bonds. The number of halogens is 2. The van der Waals surface area contributed by atoms with Crippen LogP contribution in [0.5, 0.6) is 0 Å². The van der Waals surface area contributed by atoms with Crippen molar-refractivity contribution in [1.82, 2.24) is 4.90 Å². The zero-order valence-corrected chi connectivity index (χ0v) is 11.1. The van der Waals surface area contributed by atoms with Gasteiger partial charge in [0.05, 0.1) is 15.7 Å². The van der Waals surface area contributed by atoms with Crippen molar-refractivity contribution in [3.8, 4) is 0 Å². The summed E-state index contributed by atoms with van der Waals surface area (Å²) in [5.74, 6) is 0.587. The van der Waals surface area contributed by atoms with E-state index < -0.39 is 0 Å². The highest BCUT2D eigenvalue weighted by Crippen LogP contribution is 2.31. The maximum Gasteiger partial charge on any atom is 0.253 e. The van der Waals surface area contributed by atoms with E-state index in [-0.39, 0.29) is 5.91 Å². The van der Waals surface area contributed by atoms with Gasteiger partial charge in [-0.2, -0.15) is 0 Å². The molecule has 0 bridgehead atoms. The molecule has 0 aliphatic heterocycles. The van der Waals surface area contributed by atoms with Crippen LogP contribution in [-0.2, 0) is 0 Å². The highest BCUT2D eigenvalue weighted by atomic mass is 35.5. The normalized spacial score (nSPS) is 14.8. The number of carbonyl (C=O) groups excluding carboxylic acids is 1. The van der Waals surface area contributed by atoms with Crippen molar-refractivity contribution in [2.75, 3.05) is 19.3 Å². The van der Waals surface area contributed by atoms with Gasteiger partial charge in [0.25, 0.3) is 5.91 Å². The molecule has 1 aromatic carbocycles. The number of nitrogen functional groups attached to an aromatic ring is 1. The van der Waals surface area contributed by atoms with E-state index in [0.717, 1.165) is 6.54 Å². The molecular weight excluding hydrogens is 259 g/mol. The van der Waals surface area contributed by atoms with Gasteiger partial charge < -0.3 is 10.6 Å². The first-order chi connectivity index (χ1) is 7.99. The third-order valence-corrected chi connectivity index (χ3v) is 3.53. The summed E-state index contributed by atoms with van der Waals surface area (Å²) in [5.41, 5.74) is 6.43. The summed E-state index contributed by atoms with van der Waals surface area (Å²) in [4.78, 5) is 13.8. The van der Waals surface area contributed by atoms with Crippen molar-refractivity contribution in [3.05, 3.63) is 27.7 Å². The van der Waals surface area contributed by atoms with Crippen molar-refractivity contribution in [2.24, 2.45) is 5.92 Å². The fraction of sp³-hybridized carbons (Fsp3) is 0.417. The first-order valence-electron chi connectivity index (χ1n) is 5.49. The Morgan fingerprint density at radius 1 is 1.41 bits per heavy atom. The summed E-state index contributed by atoms with van der Waals surface area (Å²) in [6.45, 7) is 0.790. The van der Waals surface area contributed by atoms with Crippen molar-refractivity contribution in [1.29, 1.82) is 0 Å². The number of rotatable bonds is 3. The van der Waals surface area contributed by atoms with Crippen molar-refractivity contribution >= 4 is 34.8 Å². The summed E-state index contributed by atoms with van der Waals surface area (Å²) in [5, 5.41) is 0.640. The average Bonchev–Trinajstić information content (AvgIpc) is 3.07. The number of anilines is 1. The zero-order chi connectivity index (χ0) is 12.6. The van der Waals surface area contributed by atoms with Gasteiger partial charge in [-0.05, 0) is 30.9 Å². The molecule has 0 aromatic heterocycles. The molecule has 1 aliphatic rings. The fourth-order valence-electron chi connectivity index (χ4n) is 1.70. The standard InChI is InChI=1S/C12H14Cl2N2O/c1-16(6-7-2-3-7)12(17)8-4-9(13)11(15)10(14)5-8/h4-5,7H,2-3,6,15H2,1H3. The number of nitrogens with zero attached hydrogens (tertiary/aromatic N) is 1. The van der Waals surface area contributed by atoms with Crippen LogP contribution in [0.1, 0.15) is 23.2 Å². The lowest BCUT2D eigenvalue weighted by Gasteiger charge is -2.17. The smallest absolute Gasteiger partial charge is 0.253 e. The highest BCUT2D eigenvalue weighted by Gasteiger charge is 2.25. The minimum Gasteiger partial charge on any atom is -0.396 e. The topological polar surface area (TPSA) is 46.3 Å². The second-order valence-electron chi connectivity index (χ2n) is 4.48. The van der Waals surface area contributed by atoms with Gasteiger partial charge in [0, 0.05) is 19.2 Å². The monoisotopic (exact) mass is 272 g/mol. The molecule has 0 unspecified atom stereocenters. The Balaban J connectivity index is 2.17. The van der Waals surface area contributed by atoms with Crippen LogP contribution >= 0.6 is 23.2 Å². The van der Waals surface area contributed by atoms with Crippen LogP contribution in [0.2, 0.25) is 10.0 Å². The van der Waals surface area contributed by atoms with Crippen molar-refractivity contribution in [3.63, 3.8) is 0 Å². The minimum absolute atomic E-state index is 0.0688. The SMILES string of the molecule is CN(CC1CC1)C(=O)c1cc(Cl)c(N)c(Cl)c1. The van der Waals surface area contributed by atoms with Gasteiger partial charge in [-0.15, -0.1) is 0 Å². The Hall–Kier alpha value is -0.930. The summed E-state index contributed by atoms with van der Waals surface area (Å²) < 4.78 is 0. The maximum absolute atomic E-state index is 12.1. The molecule has 0 spiro atoms. The van der Waals surface area contributed by atoms with E-state index in [1.807, 2.05) is 0 Å². The lowest BCUT2D eigenvalue weighted by molar-refractivity contribution is 0.0788. The van der Waals surface area contributed by atoms with Crippen molar-refractivity contribution in [2.45, 2.75) is 12.8 Å². The van der Waals surface area contributed by atoms with Crippen LogP contribution < -0.4 is 5.73 Å². The third kappa shape index (κ3) is 2.85. The van der Waals surface area contributed by atoms with Crippen LogP contribution in [0, 0.1) is 5.92 Å². The Bertz CT molecular complexity index is 435. The van der Waals surface area contributed by atoms with Crippen LogP contribution in [0.3, 0.4) is 0 Å². The molecule has 1 saturated carbocycles. The van der Waals surface area contributed by atoms with E-state index >= 15 is 0 Å². The molecule has 2 rings (SSSR count). The first-order valence-corrected chi connectivity index (χ1v) is 6.24. The minimum atomic E-state index is -0.0688. The second kappa shape index (κ2) is 4.75. The molecule has 0 atom stereocenters. The largest absolute Gasteiger partial charge is 0.396 e. The molecule has 92 valence electrons. The van der Waals surface area contributed by atoms with Crippen LogP contribution in [0.4, 0.5) is 5.69 Å². The molecular formula is C12H14Cl2N2O. The van der Waals surface area contributed by atoms with E-state index in [1.54, 1.807) is 24.1 Å². The van der Waals surface area contributed by atoms with Gasteiger partial charge in [-0.25, -0.2) is 0 Å². The molecule has 5 heteroatoms. The molecule has 3 nitrogen and oxygen atoms in total. The fourth-order valence-corrected chi connectivity index (χ4v) is 2.19. The van der Waals surface area contributed by atoms with Gasteiger partial charge in [0.15, 0.2) is 0 Å². The van der Waals surface area contributed by atoms with Gasteiger partial charge in [0.1, 0.15) is 0 Å². The van der Waals surface area contributed by atoms with Crippen LogP contribution in [0.15, 0.2) is 12.1 Å². The van der Waals surface area contributed by atoms with Crippen molar-refractivity contribution < 1.29 is 4.79 Å². The number of carbonyl (C=O) groups is 1. The van der Waals surface area contributed by atoms with E-state index in [1.165, 1.54) is 12.8 Å². The lowest BCUT2D eigenvalue weighted by Crippen LogP contribution is -2.28. The molecule has 1 aromatic rings. The Morgan fingerprint density at radius 3 is 2.41 bits per heavy atom. The number of amides is 1. The highest BCUT2D eigenvalue weighted by molar-refractivity contribution is 6.39. The number of hydrogen-bond donors (Lipinski definition) is 1. The Kier molecular flexibility index (Phi) is 3.50. The molecule has 0 saturated heterocycles. The summed E-state index contributed by atoms with van der Waals surface area (Å²) in [7, 11) is 1.79. The summed E-state index contributed by atoms with van der Waals surface area (Å²) >= 11 is 11.8. The number of hydrogen-bond acceptors (Lipinski definition) is 2. The summed E-state index contributed by atoms with van der Waals surface area (Å²) in [6.07, 6.45) is 2.42. The van der Waals surface area contributed by atoms with Crippen LogP contribution in [-0.4, -0.2) is 24.4 Å². The number of benzene rings is 1. The second-order valence-corrected chi connectivity index (χ2v) is 5.30. The quantitative estimate of drug-likeness (QED) is 0.860. The molecule has 0 heterocycles. The average molecular weight is 273 g/mol. The van der Waals surface area contributed by atoms with E-state index in [4.69, 9.17) is 28.9 Å². The predicted molar refractivity (Wildman–Crippen MR) is 70.6 cm³/mol. The van der Waals surface area contributed by atoms with Gasteiger partial charge in [-0.3, -0.25) is 4.79 Å². The van der Waals surface area contributed by atoms with Crippen LogP contribution in [0.25, 0.3) is 0 Å². The van der Waals surface area contributed by atoms with E-state index in [9.17, 15) is 4.79 Å². The number of nitrogens with two attached hydrogens (primary N) is 1. The van der Waals surface area contributed by atoms with E-state index in [0.29, 0.717) is 27.2 Å². The maximum atomic E-state index is 12.1. The molecule has 17 heavy (non-hydrogen) atoms. The molecule has 1 aliphatic carbocycles. The molecule has 0 radical (unpaired) electrons. The molecule has 2 N–H and O–H groups in total. The third-order valence-electron chi connectivity index (χ3n) is 2.90. The predicted octanol–water partition coefficient (Wildman–Crippen LogP) is 3.06.